The molecular weight excluding hydrogens is 328 g/mol. The minimum absolute atomic E-state index is 0.157. The van der Waals surface area contributed by atoms with Crippen LogP contribution < -0.4 is 5.56 Å². The molecule has 6 nitrogen and oxygen atoms in total. The average molecular weight is 354 g/mol. The lowest BCUT2D eigenvalue weighted by molar-refractivity contribution is 0.0658. The molecule has 0 unspecified atom stereocenters. The molecule has 2 aliphatic rings. The molecule has 2 heterocycles. The van der Waals surface area contributed by atoms with E-state index in [2.05, 4.69) is 0 Å². The third-order valence-electron chi connectivity index (χ3n) is 5.90. The van der Waals surface area contributed by atoms with Crippen molar-refractivity contribution in [3.8, 4) is 0 Å². The second-order valence-electron chi connectivity index (χ2n) is 7.56. The Labute approximate surface area is 153 Å². The van der Waals surface area contributed by atoms with Crippen LogP contribution in [0.2, 0.25) is 0 Å². The lowest BCUT2D eigenvalue weighted by Gasteiger charge is -2.28. The van der Waals surface area contributed by atoms with Gasteiger partial charge >= 0.3 is 0 Å². The van der Waals surface area contributed by atoms with Crippen LogP contribution in [-0.4, -0.2) is 31.2 Å². The first-order valence-electron chi connectivity index (χ1n) is 9.56. The van der Waals surface area contributed by atoms with E-state index in [1.165, 1.54) is 15.8 Å². The van der Waals surface area contributed by atoms with Crippen LogP contribution in [0.5, 0.6) is 0 Å². The van der Waals surface area contributed by atoms with Gasteiger partial charge in [-0.15, -0.1) is 0 Å². The number of carbonyl (C=O) groups excluding carboxylic acids is 1. The van der Waals surface area contributed by atoms with Crippen molar-refractivity contribution in [2.24, 2.45) is 14.1 Å². The van der Waals surface area contributed by atoms with E-state index in [0.29, 0.717) is 6.54 Å². The maximum absolute atomic E-state index is 13.3. The molecule has 0 aromatic carbocycles. The summed E-state index contributed by atoms with van der Waals surface area (Å²) in [5.41, 5.74) is 3.65. The highest BCUT2D eigenvalue weighted by Crippen LogP contribution is 2.29. The predicted octanol–water partition coefficient (Wildman–Crippen LogP) is 2.19. The molecule has 0 atom stereocenters. The van der Waals surface area contributed by atoms with Crippen LogP contribution in [0.4, 0.5) is 0 Å². The van der Waals surface area contributed by atoms with Crippen LogP contribution in [0.3, 0.4) is 0 Å². The Hall–Kier alpha value is -2.37. The van der Waals surface area contributed by atoms with E-state index in [9.17, 15) is 9.59 Å². The Balaban J connectivity index is 1.69. The average Bonchev–Trinajstić information content (AvgIpc) is 3.35. The fourth-order valence-electron chi connectivity index (χ4n) is 4.48. The van der Waals surface area contributed by atoms with Crippen molar-refractivity contribution in [1.29, 1.82) is 0 Å². The van der Waals surface area contributed by atoms with Crippen LogP contribution in [0, 0.1) is 0 Å². The van der Waals surface area contributed by atoms with Gasteiger partial charge in [0.2, 0.25) is 0 Å². The molecule has 2 aromatic rings. The summed E-state index contributed by atoms with van der Waals surface area (Å²) in [6.45, 7) is 0.505. The standard InChI is InChI=1S/C20H26N4O2/c1-22-12-6-10-16(19(22)25)20(26)24(14-7-3-4-8-14)13-17-15-9-5-11-18(15)23(2)21-17/h6,10,12,14H,3-5,7-9,11,13H2,1-2H3. The van der Waals surface area contributed by atoms with Crippen molar-refractivity contribution >= 4 is 5.91 Å². The largest absolute Gasteiger partial charge is 0.330 e. The van der Waals surface area contributed by atoms with Gasteiger partial charge in [0.25, 0.3) is 11.5 Å². The molecule has 1 amide bonds. The molecule has 0 saturated heterocycles. The molecule has 0 radical (unpaired) electrons. The minimum atomic E-state index is -0.230. The fraction of sp³-hybridized carbons (Fsp3) is 0.550. The summed E-state index contributed by atoms with van der Waals surface area (Å²) in [7, 11) is 3.67. The highest BCUT2D eigenvalue weighted by Gasteiger charge is 2.31. The zero-order valence-corrected chi connectivity index (χ0v) is 15.6. The third-order valence-corrected chi connectivity index (χ3v) is 5.90. The van der Waals surface area contributed by atoms with Gasteiger partial charge in [-0.2, -0.15) is 5.10 Å². The van der Waals surface area contributed by atoms with E-state index < -0.39 is 0 Å². The highest BCUT2D eigenvalue weighted by molar-refractivity contribution is 5.94. The van der Waals surface area contributed by atoms with Crippen molar-refractivity contribution in [2.45, 2.75) is 57.5 Å². The Morgan fingerprint density at radius 1 is 1.23 bits per heavy atom. The molecule has 0 N–H and O–H groups in total. The molecular formula is C20H26N4O2. The van der Waals surface area contributed by atoms with Gasteiger partial charge in [0, 0.05) is 32.0 Å². The number of fused-ring (bicyclic) bond motifs is 1. The van der Waals surface area contributed by atoms with Crippen molar-refractivity contribution in [2.75, 3.05) is 0 Å². The first-order chi connectivity index (χ1) is 12.6. The number of rotatable bonds is 4. The lowest BCUT2D eigenvalue weighted by Crippen LogP contribution is -2.41. The normalized spacial score (nSPS) is 16.8. The summed E-state index contributed by atoms with van der Waals surface area (Å²) >= 11 is 0. The summed E-state index contributed by atoms with van der Waals surface area (Å²) in [4.78, 5) is 27.7. The van der Waals surface area contributed by atoms with Gasteiger partial charge in [-0.3, -0.25) is 14.3 Å². The first-order valence-corrected chi connectivity index (χ1v) is 9.56. The topological polar surface area (TPSA) is 60.1 Å². The van der Waals surface area contributed by atoms with Crippen molar-refractivity contribution in [3.05, 3.63) is 51.2 Å². The summed E-state index contributed by atoms with van der Waals surface area (Å²) in [5, 5.41) is 4.70. The molecule has 6 heteroatoms. The number of hydrogen-bond acceptors (Lipinski definition) is 3. The zero-order valence-electron chi connectivity index (χ0n) is 15.6. The van der Waals surface area contributed by atoms with Crippen LogP contribution in [0.25, 0.3) is 0 Å². The Morgan fingerprint density at radius 3 is 2.77 bits per heavy atom. The van der Waals surface area contributed by atoms with Crippen LogP contribution in [-0.2, 0) is 33.5 Å². The van der Waals surface area contributed by atoms with Gasteiger partial charge in [0.05, 0.1) is 12.2 Å². The molecule has 1 saturated carbocycles. The molecule has 138 valence electrons. The number of aryl methyl sites for hydroxylation is 2. The van der Waals surface area contributed by atoms with Crippen LogP contribution in [0.15, 0.2) is 23.1 Å². The second-order valence-corrected chi connectivity index (χ2v) is 7.56. The van der Waals surface area contributed by atoms with E-state index >= 15 is 0 Å². The monoisotopic (exact) mass is 354 g/mol. The van der Waals surface area contributed by atoms with Gasteiger partial charge in [-0.25, -0.2) is 0 Å². The van der Waals surface area contributed by atoms with Gasteiger partial charge in [0.1, 0.15) is 5.56 Å². The maximum Gasteiger partial charge on any atom is 0.263 e. The third kappa shape index (κ3) is 2.87. The molecule has 26 heavy (non-hydrogen) atoms. The number of nitrogens with zero attached hydrogens (tertiary/aromatic N) is 4. The number of aromatic nitrogens is 3. The Kier molecular flexibility index (Phi) is 4.42. The van der Waals surface area contributed by atoms with E-state index in [4.69, 9.17) is 5.10 Å². The molecule has 4 rings (SSSR count). The predicted molar refractivity (Wildman–Crippen MR) is 99.0 cm³/mol. The number of carbonyl (C=O) groups is 1. The summed E-state index contributed by atoms with van der Waals surface area (Å²) in [6.07, 6.45) is 9.24. The fourth-order valence-corrected chi connectivity index (χ4v) is 4.48. The molecule has 0 bridgehead atoms. The van der Waals surface area contributed by atoms with Crippen molar-refractivity contribution in [1.82, 2.24) is 19.2 Å². The lowest BCUT2D eigenvalue weighted by atomic mass is 10.1. The Bertz CT molecular complexity index is 890. The molecule has 0 aliphatic heterocycles. The molecule has 0 spiro atoms. The number of hydrogen-bond donors (Lipinski definition) is 0. The van der Waals surface area contributed by atoms with E-state index in [1.807, 2.05) is 16.6 Å². The molecule has 1 fully saturated rings. The number of amides is 1. The summed E-state index contributed by atoms with van der Waals surface area (Å²) < 4.78 is 3.44. The SMILES string of the molecule is Cn1nc(CN(C(=O)c2cccn(C)c2=O)C2CCCC2)c2c1CCC2. The van der Waals surface area contributed by atoms with Crippen molar-refractivity contribution < 1.29 is 4.79 Å². The van der Waals surface area contributed by atoms with Crippen LogP contribution in [0.1, 0.15) is 59.4 Å². The van der Waals surface area contributed by atoms with Gasteiger partial charge in [0.15, 0.2) is 0 Å². The maximum atomic E-state index is 13.3. The van der Waals surface area contributed by atoms with E-state index in [1.54, 1.807) is 25.4 Å². The van der Waals surface area contributed by atoms with Gasteiger partial charge < -0.3 is 9.47 Å². The quantitative estimate of drug-likeness (QED) is 0.846. The molecule has 2 aromatic heterocycles. The van der Waals surface area contributed by atoms with Crippen molar-refractivity contribution in [3.63, 3.8) is 0 Å². The van der Waals surface area contributed by atoms with Gasteiger partial charge in [-0.1, -0.05) is 12.8 Å². The van der Waals surface area contributed by atoms with E-state index in [0.717, 1.165) is 50.6 Å². The van der Waals surface area contributed by atoms with Gasteiger partial charge in [-0.05, 0) is 49.8 Å². The first kappa shape index (κ1) is 17.1. The second kappa shape index (κ2) is 6.74. The summed E-state index contributed by atoms with van der Waals surface area (Å²) in [6, 6.07) is 3.61. The van der Waals surface area contributed by atoms with E-state index in [-0.39, 0.29) is 23.1 Å². The smallest absolute Gasteiger partial charge is 0.263 e. The molecule has 2 aliphatic carbocycles. The highest BCUT2D eigenvalue weighted by atomic mass is 16.2. The minimum Gasteiger partial charge on any atom is -0.330 e. The van der Waals surface area contributed by atoms with Crippen LogP contribution >= 0.6 is 0 Å². The Morgan fingerprint density at radius 2 is 2.00 bits per heavy atom. The number of pyridine rings is 1. The zero-order chi connectivity index (χ0) is 18.3. The summed E-state index contributed by atoms with van der Waals surface area (Å²) in [5.74, 6) is -0.157.